The molecule has 1 aromatic heterocycles. The van der Waals surface area contributed by atoms with E-state index in [-0.39, 0.29) is 0 Å². The van der Waals surface area contributed by atoms with Crippen LogP contribution in [-0.2, 0) is 0 Å². The maximum atomic E-state index is 3.95. The number of nitrogens with zero attached hydrogens (tertiary/aromatic N) is 2. The van der Waals surface area contributed by atoms with Crippen molar-refractivity contribution in [3.63, 3.8) is 0 Å². The van der Waals surface area contributed by atoms with Crippen molar-refractivity contribution >= 4 is 17.4 Å². The molecule has 0 aliphatic carbocycles. The zero-order valence-corrected chi connectivity index (χ0v) is 8.26. The molecule has 0 aromatic carbocycles. The van der Waals surface area contributed by atoms with Gasteiger partial charge in [0.2, 0.25) is 0 Å². The van der Waals surface area contributed by atoms with Crippen molar-refractivity contribution in [3.8, 4) is 0 Å². The minimum atomic E-state index is 0.824. The Labute approximate surface area is 82.4 Å². The second-order valence-corrected chi connectivity index (χ2v) is 4.39. The maximum absolute atomic E-state index is 3.95. The minimum Gasteiger partial charge on any atom is -0.382 e. The van der Waals surface area contributed by atoms with Gasteiger partial charge < -0.3 is 5.32 Å². The number of hydrogen-bond donors (Lipinski definition) is 1. The fourth-order valence-corrected chi connectivity index (χ4v) is 2.68. The second-order valence-electron chi connectivity index (χ2n) is 3.24. The van der Waals surface area contributed by atoms with E-state index in [0.717, 1.165) is 18.2 Å². The second kappa shape index (κ2) is 4.46. The summed E-state index contributed by atoms with van der Waals surface area (Å²) in [5.74, 6) is 3.43. The van der Waals surface area contributed by atoms with E-state index in [1.807, 2.05) is 24.2 Å². The van der Waals surface area contributed by atoms with Gasteiger partial charge in [-0.2, -0.15) is 11.8 Å². The summed E-state index contributed by atoms with van der Waals surface area (Å²) in [6, 6.07) is 0. The van der Waals surface area contributed by atoms with Gasteiger partial charge >= 0.3 is 0 Å². The lowest BCUT2D eigenvalue weighted by molar-refractivity contribution is 0.631. The average molecular weight is 195 g/mol. The Morgan fingerprint density at radius 3 is 3.00 bits per heavy atom. The SMILES string of the molecule is c1ncc(NCC2CCSC2)cn1. The summed E-state index contributed by atoms with van der Waals surface area (Å²) in [5, 5.41) is 3.35. The van der Waals surface area contributed by atoms with Crippen LogP contribution in [0.15, 0.2) is 18.7 Å². The minimum absolute atomic E-state index is 0.824. The predicted molar refractivity (Wildman–Crippen MR) is 56.0 cm³/mol. The highest BCUT2D eigenvalue weighted by molar-refractivity contribution is 7.99. The Hall–Kier alpha value is -0.770. The van der Waals surface area contributed by atoms with Crippen LogP contribution in [0.25, 0.3) is 0 Å². The molecule has 0 saturated carbocycles. The molecular weight excluding hydrogens is 182 g/mol. The van der Waals surface area contributed by atoms with Gasteiger partial charge in [0.15, 0.2) is 0 Å². The first-order chi connectivity index (χ1) is 6.45. The van der Waals surface area contributed by atoms with Crippen LogP contribution < -0.4 is 5.32 Å². The van der Waals surface area contributed by atoms with Crippen LogP contribution in [0.1, 0.15) is 6.42 Å². The van der Waals surface area contributed by atoms with E-state index in [2.05, 4.69) is 15.3 Å². The number of hydrogen-bond acceptors (Lipinski definition) is 4. The summed E-state index contributed by atoms with van der Waals surface area (Å²) >= 11 is 2.05. The van der Waals surface area contributed by atoms with Crippen molar-refractivity contribution in [2.24, 2.45) is 5.92 Å². The molecule has 1 atom stereocenters. The van der Waals surface area contributed by atoms with Gasteiger partial charge in [0.1, 0.15) is 6.33 Å². The topological polar surface area (TPSA) is 37.8 Å². The highest BCUT2D eigenvalue weighted by atomic mass is 32.2. The molecule has 0 spiro atoms. The van der Waals surface area contributed by atoms with Gasteiger partial charge in [-0.25, -0.2) is 9.97 Å². The lowest BCUT2D eigenvalue weighted by Crippen LogP contribution is -2.13. The number of rotatable bonds is 3. The number of aromatic nitrogens is 2. The molecule has 0 amide bonds. The van der Waals surface area contributed by atoms with E-state index in [9.17, 15) is 0 Å². The molecule has 1 aromatic rings. The zero-order valence-electron chi connectivity index (χ0n) is 7.44. The standard InChI is InChI=1S/C9H13N3S/c1-2-13-6-8(1)3-12-9-4-10-7-11-5-9/h4-5,7-8,12H,1-3,6H2. The van der Waals surface area contributed by atoms with Crippen LogP contribution in [0, 0.1) is 5.92 Å². The fourth-order valence-electron chi connectivity index (χ4n) is 1.40. The number of anilines is 1. The van der Waals surface area contributed by atoms with Gasteiger partial charge in [0.25, 0.3) is 0 Å². The first kappa shape index (κ1) is 8.81. The van der Waals surface area contributed by atoms with Crippen molar-refractivity contribution in [2.75, 3.05) is 23.4 Å². The molecule has 0 bridgehead atoms. The first-order valence-electron chi connectivity index (χ1n) is 4.52. The Kier molecular flexibility index (Phi) is 3.02. The highest BCUT2D eigenvalue weighted by Gasteiger charge is 2.14. The third kappa shape index (κ3) is 2.59. The van der Waals surface area contributed by atoms with Crippen molar-refractivity contribution in [3.05, 3.63) is 18.7 Å². The van der Waals surface area contributed by atoms with E-state index < -0.39 is 0 Å². The maximum Gasteiger partial charge on any atom is 0.115 e. The van der Waals surface area contributed by atoms with Crippen molar-refractivity contribution in [1.82, 2.24) is 9.97 Å². The van der Waals surface area contributed by atoms with Crippen LogP contribution >= 0.6 is 11.8 Å². The van der Waals surface area contributed by atoms with E-state index >= 15 is 0 Å². The van der Waals surface area contributed by atoms with Crippen molar-refractivity contribution in [1.29, 1.82) is 0 Å². The van der Waals surface area contributed by atoms with E-state index in [1.165, 1.54) is 17.9 Å². The van der Waals surface area contributed by atoms with Crippen LogP contribution in [0.5, 0.6) is 0 Å². The largest absolute Gasteiger partial charge is 0.382 e. The Bertz CT molecular complexity index is 246. The molecule has 1 aliphatic rings. The summed E-state index contributed by atoms with van der Waals surface area (Å²) < 4.78 is 0. The molecule has 1 unspecified atom stereocenters. The third-order valence-corrected chi connectivity index (χ3v) is 3.41. The molecule has 3 nitrogen and oxygen atoms in total. The summed E-state index contributed by atoms with van der Waals surface area (Å²) in [5.41, 5.74) is 1.03. The Morgan fingerprint density at radius 2 is 2.31 bits per heavy atom. The van der Waals surface area contributed by atoms with Gasteiger partial charge in [-0.15, -0.1) is 0 Å². The molecule has 2 heterocycles. The number of nitrogens with one attached hydrogen (secondary N) is 1. The van der Waals surface area contributed by atoms with Crippen LogP contribution in [-0.4, -0.2) is 28.0 Å². The monoisotopic (exact) mass is 195 g/mol. The average Bonchev–Trinajstić information content (AvgIpc) is 2.69. The summed E-state index contributed by atoms with van der Waals surface area (Å²) in [6.07, 6.45) is 6.52. The molecule has 1 aliphatic heterocycles. The summed E-state index contributed by atoms with van der Waals surface area (Å²) in [7, 11) is 0. The van der Waals surface area contributed by atoms with Crippen LogP contribution in [0.4, 0.5) is 5.69 Å². The highest BCUT2D eigenvalue weighted by Crippen LogP contribution is 2.23. The van der Waals surface area contributed by atoms with Gasteiger partial charge in [-0.1, -0.05) is 0 Å². The molecule has 0 radical (unpaired) electrons. The van der Waals surface area contributed by atoms with E-state index in [0.29, 0.717) is 0 Å². The van der Waals surface area contributed by atoms with Gasteiger partial charge in [-0.3, -0.25) is 0 Å². The Balaban J connectivity index is 1.79. The molecule has 70 valence electrons. The lowest BCUT2D eigenvalue weighted by atomic mass is 10.1. The molecule has 2 rings (SSSR count). The third-order valence-electron chi connectivity index (χ3n) is 2.18. The van der Waals surface area contributed by atoms with Gasteiger partial charge in [0, 0.05) is 6.54 Å². The molecule has 13 heavy (non-hydrogen) atoms. The van der Waals surface area contributed by atoms with E-state index in [4.69, 9.17) is 0 Å². The predicted octanol–water partition coefficient (Wildman–Crippen LogP) is 1.64. The zero-order chi connectivity index (χ0) is 8.93. The fraction of sp³-hybridized carbons (Fsp3) is 0.556. The van der Waals surface area contributed by atoms with Crippen LogP contribution in [0.3, 0.4) is 0 Å². The van der Waals surface area contributed by atoms with E-state index in [1.54, 1.807) is 6.33 Å². The van der Waals surface area contributed by atoms with Crippen molar-refractivity contribution in [2.45, 2.75) is 6.42 Å². The van der Waals surface area contributed by atoms with Crippen LogP contribution in [0.2, 0.25) is 0 Å². The van der Waals surface area contributed by atoms with Gasteiger partial charge in [0.05, 0.1) is 18.1 Å². The summed E-state index contributed by atoms with van der Waals surface area (Å²) in [4.78, 5) is 7.90. The Morgan fingerprint density at radius 1 is 1.46 bits per heavy atom. The van der Waals surface area contributed by atoms with Gasteiger partial charge in [-0.05, 0) is 23.8 Å². The number of thioether (sulfide) groups is 1. The molecule has 1 N–H and O–H groups in total. The molecular formula is C9H13N3S. The lowest BCUT2D eigenvalue weighted by Gasteiger charge is -2.09. The molecule has 4 heteroatoms. The quantitative estimate of drug-likeness (QED) is 0.795. The molecule has 1 fully saturated rings. The van der Waals surface area contributed by atoms with Crippen molar-refractivity contribution < 1.29 is 0 Å². The smallest absolute Gasteiger partial charge is 0.115 e. The summed E-state index contributed by atoms with van der Waals surface area (Å²) in [6.45, 7) is 1.06. The molecule has 1 saturated heterocycles. The normalized spacial score (nSPS) is 21.7. The first-order valence-corrected chi connectivity index (χ1v) is 5.67.